The summed E-state index contributed by atoms with van der Waals surface area (Å²) in [5.74, 6) is -0.317. The van der Waals surface area contributed by atoms with E-state index in [0.29, 0.717) is 11.3 Å². The van der Waals surface area contributed by atoms with Gasteiger partial charge in [-0.2, -0.15) is 0 Å². The molecule has 0 saturated heterocycles. The van der Waals surface area contributed by atoms with Gasteiger partial charge in [0.1, 0.15) is 12.1 Å². The second-order valence-corrected chi connectivity index (χ2v) is 4.38. The van der Waals surface area contributed by atoms with Crippen molar-refractivity contribution in [3.8, 4) is 0 Å². The number of carboxylic acids is 1. The van der Waals surface area contributed by atoms with Gasteiger partial charge in [-0.25, -0.2) is 14.8 Å². The van der Waals surface area contributed by atoms with E-state index in [9.17, 15) is 9.90 Å². The van der Waals surface area contributed by atoms with Crippen LogP contribution in [-0.4, -0.2) is 45.8 Å². The highest BCUT2D eigenvalue weighted by molar-refractivity contribution is 5.96. The molecule has 1 heterocycles. The number of nitrogens with zero attached hydrogens (tertiary/aromatic N) is 3. The first-order chi connectivity index (χ1) is 9.04. The Hall–Kier alpha value is -2.21. The number of benzene rings is 1. The van der Waals surface area contributed by atoms with Crippen LogP contribution in [0.25, 0.3) is 10.9 Å². The largest absolute Gasteiger partial charge is 0.478 e. The highest BCUT2D eigenvalue weighted by Crippen LogP contribution is 2.24. The van der Waals surface area contributed by atoms with Crippen molar-refractivity contribution in [2.45, 2.75) is 13.0 Å². The zero-order valence-electron chi connectivity index (χ0n) is 10.7. The average Bonchev–Trinajstić information content (AvgIpc) is 2.44. The molecule has 0 radical (unpaired) electrons. The molecule has 100 valence electrons. The Morgan fingerprint density at radius 1 is 1.42 bits per heavy atom. The molecule has 1 atom stereocenters. The molecule has 1 unspecified atom stereocenters. The number of carboxylic acid groups (broad SMARTS) is 1. The number of rotatable bonds is 4. The van der Waals surface area contributed by atoms with Gasteiger partial charge >= 0.3 is 5.97 Å². The molecule has 1 aromatic heterocycles. The van der Waals surface area contributed by atoms with Crippen molar-refractivity contribution in [1.29, 1.82) is 0 Å². The van der Waals surface area contributed by atoms with Crippen molar-refractivity contribution in [1.82, 2.24) is 9.97 Å². The Kier molecular flexibility index (Phi) is 3.62. The number of aliphatic hydroxyl groups is 1. The van der Waals surface area contributed by atoms with Crippen LogP contribution in [0.4, 0.5) is 5.82 Å². The molecule has 2 aromatic rings. The number of fused-ring (bicyclic) bond motifs is 1. The van der Waals surface area contributed by atoms with Gasteiger partial charge in [0.15, 0.2) is 0 Å². The molecule has 0 bridgehead atoms. The number of hydrogen-bond donors (Lipinski definition) is 2. The lowest BCUT2D eigenvalue weighted by molar-refractivity contribution is 0.0697. The maximum Gasteiger partial charge on any atom is 0.335 e. The van der Waals surface area contributed by atoms with Gasteiger partial charge in [-0.1, -0.05) is 0 Å². The Labute approximate surface area is 110 Å². The number of anilines is 1. The van der Waals surface area contributed by atoms with Gasteiger partial charge in [-0.15, -0.1) is 0 Å². The molecule has 0 aliphatic rings. The van der Waals surface area contributed by atoms with Crippen molar-refractivity contribution < 1.29 is 15.0 Å². The molecule has 0 amide bonds. The van der Waals surface area contributed by atoms with Crippen LogP contribution >= 0.6 is 0 Å². The average molecular weight is 261 g/mol. The van der Waals surface area contributed by atoms with Crippen LogP contribution in [0.15, 0.2) is 24.5 Å². The van der Waals surface area contributed by atoms with Crippen LogP contribution < -0.4 is 4.90 Å². The van der Waals surface area contributed by atoms with E-state index in [0.717, 1.165) is 5.39 Å². The maximum atomic E-state index is 10.9. The van der Waals surface area contributed by atoms with Crippen LogP contribution in [0.1, 0.15) is 17.3 Å². The topological polar surface area (TPSA) is 86.5 Å². The van der Waals surface area contributed by atoms with Gasteiger partial charge in [-0.05, 0) is 25.1 Å². The van der Waals surface area contributed by atoms with Crippen LogP contribution in [0, 0.1) is 0 Å². The summed E-state index contributed by atoms with van der Waals surface area (Å²) < 4.78 is 0. The van der Waals surface area contributed by atoms with Gasteiger partial charge in [0.2, 0.25) is 0 Å². The number of hydrogen-bond acceptors (Lipinski definition) is 5. The summed E-state index contributed by atoms with van der Waals surface area (Å²) >= 11 is 0. The van der Waals surface area contributed by atoms with Gasteiger partial charge in [0.05, 0.1) is 23.7 Å². The van der Waals surface area contributed by atoms with Crippen molar-refractivity contribution in [2.24, 2.45) is 0 Å². The third-order valence-electron chi connectivity index (χ3n) is 3.12. The van der Waals surface area contributed by atoms with Gasteiger partial charge in [0, 0.05) is 12.4 Å². The van der Waals surface area contributed by atoms with Gasteiger partial charge in [0.25, 0.3) is 0 Å². The van der Waals surface area contributed by atoms with Gasteiger partial charge in [-0.3, -0.25) is 0 Å². The highest BCUT2D eigenvalue weighted by Gasteiger charge is 2.14. The second kappa shape index (κ2) is 5.19. The van der Waals surface area contributed by atoms with Crippen molar-refractivity contribution in [3.05, 3.63) is 30.1 Å². The summed E-state index contributed by atoms with van der Waals surface area (Å²) in [6.45, 7) is 1.88. The summed E-state index contributed by atoms with van der Waals surface area (Å²) in [7, 11) is 1.83. The van der Waals surface area contributed by atoms with Crippen molar-refractivity contribution in [2.75, 3.05) is 18.6 Å². The molecule has 0 spiro atoms. The first-order valence-electron chi connectivity index (χ1n) is 5.86. The summed E-state index contributed by atoms with van der Waals surface area (Å²) in [5, 5.41) is 18.9. The number of aromatic carboxylic acids is 1. The minimum Gasteiger partial charge on any atom is -0.478 e. The monoisotopic (exact) mass is 261 g/mol. The first-order valence-corrected chi connectivity index (χ1v) is 5.86. The maximum absolute atomic E-state index is 10.9. The van der Waals surface area contributed by atoms with E-state index in [-0.39, 0.29) is 18.2 Å². The van der Waals surface area contributed by atoms with E-state index < -0.39 is 5.97 Å². The van der Waals surface area contributed by atoms with Crippen molar-refractivity contribution >= 4 is 22.7 Å². The van der Waals surface area contributed by atoms with Crippen LogP contribution in [0.5, 0.6) is 0 Å². The summed E-state index contributed by atoms with van der Waals surface area (Å²) in [4.78, 5) is 21.1. The Morgan fingerprint density at radius 3 is 2.79 bits per heavy atom. The minimum atomic E-state index is -0.987. The summed E-state index contributed by atoms with van der Waals surface area (Å²) in [6, 6.07) is 4.64. The standard InChI is InChI=1S/C13H15N3O3/c1-8(6-17)16(2)12-10-4-3-9(13(18)19)5-11(10)14-7-15-12/h3-5,7-8,17H,6H2,1-2H3,(H,18,19). The van der Waals surface area contributed by atoms with Crippen LogP contribution in [0.2, 0.25) is 0 Å². The molecule has 0 aliphatic heterocycles. The Morgan fingerprint density at radius 2 is 2.16 bits per heavy atom. The highest BCUT2D eigenvalue weighted by atomic mass is 16.4. The second-order valence-electron chi connectivity index (χ2n) is 4.38. The molecule has 1 aromatic carbocycles. The van der Waals surface area contributed by atoms with E-state index in [1.54, 1.807) is 6.07 Å². The Balaban J connectivity index is 2.55. The third-order valence-corrected chi connectivity index (χ3v) is 3.12. The van der Waals surface area contributed by atoms with Crippen LogP contribution in [0.3, 0.4) is 0 Å². The molecule has 0 fully saturated rings. The number of aromatic nitrogens is 2. The molecule has 0 saturated carbocycles. The number of aliphatic hydroxyl groups excluding tert-OH is 1. The fourth-order valence-electron chi connectivity index (χ4n) is 1.79. The van der Waals surface area contributed by atoms with Crippen LogP contribution in [-0.2, 0) is 0 Å². The van der Waals surface area contributed by atoms with E-state index in [1.807, 2.05) is 18.9 Å². The molecular formula is C13H15N3O3. The Bertz CT molecular complexity index is 615. The fourth-order valence-corrected chi connectivity index (χ4v) is 1.79. The molecule has 2 rings (SSSR count). The molecule has 0 aliphatic carbocycles. The zero-order valence-corrected chi connectivity index (χ0v) is 10.7. The fraction of sp³-hybridized carbons (Fsp3) is 0.308. The lowest BCUT2D eigenvalue weighted by Gasteiger charge is -2.25. The number of carbonyl (C=O) groups is 1. The SMILES string of the molecule is CC(CO)N(C)c1ncnc2cc(C(=O)O)ccc12. The minimum absolute atomic E-state index is 0.00913. The molecule has 19 heavy (non-hydrogen) atoms. The quantitative estimate of drug-likeness (QED) is 0.858. The first kappa shape index (κ1) is 13.2. The summed E-state index contributed by atoms with van der Waals surface area (Å²) in [6.07, 6.45) is 1.39. The van der Waals surface area contributed by atoms with E-state index in [2.05, 4.69) is 9.97 Å². The van der Waals surface area contributed by atoms with E-state index in [1.165, 1.54) is 18.5 Å². The van der Waals surface area contributed by atoms with Gasteiger partial charge < -0.3 is 15.1 Å². The molecule has 2 N–H and O–H groups in total. The number of likely N-dealkylation sites (N-methyl/N-ethyl adjacent to an activating group) is 1. The molecule has 6 heteroatoms. The third kappa shape index (κ3) is 2.48. The van der Waals surface area contributed by atoms with E-state index >= 15 is 0 Å². The molecular weight excluding hydrogens is 246 g/mol. The lowest BCUT2D eigenvalue weighted by atomic mass is 10.1. The smallest absolute Gasteiger partial charge is 0.335 e. The van der Waals surface area contributed by atoms with E-state index in [4.69, 9.17) is 5.11 Å². The summed E-state index contributed by atoms with van der Waals surface area (Å²) in [5.41, 5.74) is 0.761. The normalized spacial score (nSPS) is 12.4. The predicted octanol–water partition coefficient (Wildman–Crippen LogP) is 1.15. The zero-order chi connectivity index (χ0) is 14.0. The molecule has 6 nitrogen and oxygen atoms in total. The predicted molar refractivity (Wildman–Crippen MR) is 71.4 cm³/mol. The lowest BCUT2D eigenvalue weighted by Crippen LogP contribution is -2.32. The van der Waals surface area contributed by atoms with Crippen molar-refractivity contribution in [3.63, 3.8) is 0 Å².